The standard InChI is InChI=1S/C21H16N2OS3/c24-20(13-25-21-22-14-7-1-4-10-17(14)27-21)23-15-8-2-5-11-18(15)26-19-12-6-3-9-16(19)23/h1-12,15,18H,13H2/t15-,18+/m0/s1. The average molecular weight is 409 g/mol. The Kier molecular flexibility index (Phi) is 4.55. The number of nitrogens with zero attached hydrogens (tertiary/aromatic N) is 2. The molecule has 2 heterocycles. The molecule has 2 atom stereocenters. The lowest BCUT2D eigenvalue weighted by atomic mass is 10.0. The molecule has 6 heteroatoms. The summed E-state index contributed by atoms with van der Waals surface area (Å²) in [7, 11) is 0. The number of hydrogen-bond acceptors (Lipinski definition) is 5. The van der Waals surface area contributed by atoms with Crippen molar-refractivity contribution in [1.29, 1.82) is 0 Å². The van der Waals surface area contributed by atoms with Gasteiger partial charge in [0.25, 0.3) is 0 Å². The van der Waals surface area contributed by atoms with Gasteiger partial charge in [0.05, 0.1) is 32.9 Å². The number of carbonyl (C=O) groups is 1. The van der Waals surface area contributed by atoms with Gasteiger partial charge in [-0.05, 0) is 24.3 Å². The van der Waals surface area contributed by atoms with Gasteiger partial charge in [-0.15, -0.1) is 23.1 Å². The van der Waals surface area contributed by atoms with Crippen LogP contribution >= 0.6 is 34.9 Å². The summed E-state index contributed by atoms with van der Waals surface area (Å²) in [5, 5.41) is 0.265. The van der Waals surface area contributed by atoms with Crippen LogP contribution in [0.25, 0.3) is 10.2 Å². The van der Waals surface area contributed by atoms with E-state index in [1.54, 1.807) is 11.3 Å². The molecule has 0 radical (unpaired) electrons. The Morgan fingerprint density at radius 3 is 2.81 bits per heavy atom. The van der Waals surface area contributed by atoms with Crippen molar-refractivity contribution in [3.63, 3.8) is 0 Å². The van der Waals surface area contributed by atoms with E-state index in [-0.39, 0.29) is 17.2 Å². The number of hydrogen-bond donors (Lipinski definition) is 0. The fourth-order valence-corrected chi connectivity index (χ4v) is 6.57. The molecule has 134 valence electrons. The first-order valence-electron chi connectivity index (χ1n) is 8.71. The van der Waals surface area contributed by atoms with Crippen molar-refractivity contribution in [1.82, 2.24) is 4.98 Å². The first-order valence-corrected chi connectivity index (χ1v) is 11.4. The summed E-state index contributed by atoms with van der Waals surface area (Å²) in [6.45, 7) is 0. The highest BCUT2D eigenvalue weighted by Crippen LogP contribution is 2.44. The molecule has 0 unspecified atom stereocenters. The van der Waals surface area contributed by atoms with E-state index < -0.39 is 0 Å². The topological polar surface area (TPSA) is 33.2 Å². The predicted octanol–water partition coefficient (Wildman–Crippen LogP) is 5.39. The van der Waals surface area contributed by atoms with Crippen LogP contribution in [0.3, 0.4) is 0 Å². The molecule has 3 aromatic rings. The van der Waals surface area contributed by atoms with Crippen molar-refractivity contribution in [3.8, 4) is 0 Å². The molecule has 1 aliphatic heterocycles. The molecule has 5 rings (SSSR count). The second kappa shape index (κ2) is 7.19. The van der Waals surface area contributed by atoms with Gasteiger partial charge in [0, 0.05) is 4.90 Å². The molecule has 1 amide bonds. The Hall–Kier alpha value is -2.02. The molecule has 0 fully saturated rings. The quantitative estimate of drug-likeness (QED) is 0.544. The van der Waals surface area contributed by atoms with Crippen LogP contribution in [0.15, 0.2) is 82.1 Å². The van der Waals surface area contributed by atoms with Gasteiger partial charge in [-0.3, -0.25) is 4.79 Å². The number of carbonyl (C=O) groups excluding carboxylic acids is 1. The van der Waals surface area contributed by atoms with Crippen molar-refractivity contribution in [3.05, 3.63) is 72.8 Å². The summed E-state index contributed by atoms with van der Waals surface area (Å²) < 4.78 is 2.10. The number of fused-ring (bicyclic) bond motifs is 3. The van der Waals surface area contributed by atoms with E-state index in [0.29, 0.717) is 5.75 Å². The average Bonchev–Trinajstić information content (AvgIpc) is 3.13. The number of para-hydroxylation sites is 2. The molecule has 0 spiro atoms. The lowest BCUT2D eigenvalue weighted by molar-refractivity contribution is -0.116. The molecular weight excluding hydrogens is 392 g/mol. The number of anilines is 1. The van der Waals surface area contributed by atoms with E-state index in [0.717, 1.165) is 25.1 Å². The summed E-state index contributed by atoms with van der Waals surface area (Å²) in [5.74, 6) is 0.515. The maximum Gasteiger partial charge on any atom is 0.238 e. The number of allylic oxidation sites excluding steroid dienone is 2. The van der Waals surface area contributed by atoms with Crippen molar-refractivity contribution >= 4 is 56.7 Å². The van der Waals surface area contributed by atoms with E-state index >= 15 is 0 Å². The Morgan fingerprint density at radius 1 is 1.07 bits per heavy atom. The molecular formula is C21H16N2OS3. The molecule has 2 aromatic carbocycles. The minimum atomic E-state index is 0.0679. The van der Waals surface area contributed by atoms with Gasteiger partial charge in [-0.2, -0.15) is 0 Å². The predicted molar refractivity (Wildman–Crippen MR) is 116 cm³/mol. The number of aromatic nitrogens is 1. The number of benzene rings is 2. The Morgan fingerprint density at radius 2 is 1.89 bits per heavy atom. The molecule has 1 aromatic heterocycles. The summed E-state index contributed by atoms with van der Waals surface area (Å²) in [6, 6.07) is 16.3. The number of thioether (sulfide) groups is 2. The van der Waals surface area contributed by atoms with Crippen LogP contribution < -0.4 is 4.90 Å². The van der Waals surface area contributed by atoms with Crippen LogP contribution in [-0.4, -0.2) is 27.9 Å². The van der Waals surface area contributed by atoms with Crippen molar-refractivity contribution in [2.75, 3.05) is 10.7 Å². The highest BCUT2D eigenvalue weighted by molar-refractivity contribution is 8.01. The number of rotatable bonds is 3. The smallest absolute Gasteiger partial charge is 0.238 e. The van der Waals surface area contributed by atoms with Crippen LogP contribution in [0.5, 0.6) is 0 Å². The normalized spacial score (nSPS) is 20.5. The minimum Gasteiger partial charge on any atom is -0.302 e. The molecule has 3 nitrogen and oxygen atoms in total. The Labute approximate surface area is 170 Å². The molecule has 2 aliphatic rings. The third-order valence-corrected chi connectivity index (χ3v) is 8.08. The van der Waals surface area contributed by atoms with Gasteiger partial charge in [0.1, 0.15) is 0 Å². The van der Waals surface area contributed by atoms with Crippen LogP contribution in [0, 0.1) is 0 Å². The fraction of sp³-hybridized carbons (Fsp3) is 0.143. The van der Waals surface area contributed by atoms with Crippen LogP contribution in [-0.2, 0) is 4.79 Å². The second-order valence-electron chi connectivity index (χ2n) is 6.31. The second-order valence-corrected chi connectivity index (χ2v) is 9.78. The lowest BCUT2D eigenvalue weighted by Gasteiger charge is -2.40. The zero-order chi connectivity index (χ0) is 18.2. The number of thiazole rings is 1. The fourth-order valence-electron chi connectivity index (χ4n) is 3.39. The van der Waals surface area contributed by atoms with Crippen molar-refractivity contribution in [2.24, 2.45) is 0 Å². The first-order chi connectivity index (χ1) is 13.3. The van der Waals surface area contributed by atoms with Crippen LogP contribution in [0.2, 0.25) is 0 Å². The van der Waals surface area contributed by atoms with Gasteiger partial charge in [0.15, 0.2) is 4.34 Å². The first kappa shape index (κ1) is 17.1. The van der Waals surface area contributed by atoms with E-state index in [9.17, 15) is 4.79 Å². The maximum atomic E-state index is 13.2. The van der Waals surface area contributed by atoms with Gasteiger partial charge < -0.3 is 4.90 Å². The molecule has 0 bridgehead atoms. The van der Waals surface area contributed by atoms with Gasteiger partial charge in [-0.25, -0.2) is 4.98 Å². The molecule has 0 saturated heterocycles. The third kappa shape index (κ3) is 3.22. The van der Waals surface area contributed by atoms with Crippen LogP contribution in [0.4, 0.5) is 5.69 Å². The minimum absolute atomic E-state index is 0.0679. The van der Waals surface area contributed by atoms with Crippen molar-refractivity contribution < 1.29 is 4.79 Å². The Bertz CT molecular complexity index is 1040. The SMILES string of the molecule is O=C(CSc1nc2ccccc2s1)N1c2ccccc2S[C@@H]2C=CC=C[C@@H]21. The zero-order valence-electron chi connectivity index (χ0n) is 14.3. The Balaban J connectivity index is 1.41. The van der Waals surface area contributed by atoms with E-state index in [1.807, 2.05) is 59.1 Å². The maximum absolute atomic E-state index is 13.2. The monoisotopic (exact) mass is 408 g/mol. The summed E-state index contributed by atoms with van der Waals surface area (Å²) in [5.41, 5.74) is 2.01. The number of amides is 1. The highest BCUT2D eigenvalue weighted by atomic mass is 32.2. The van der Waals surface area contributed by atoms with Crippen LogP contribution in [0.1, 0.15) is 0 Å². The van der Waals surface area contributed by atoms with Gasteiger partial charge in [0.2, 0.25) is 5.91 Å². The highest BCUT2D eigenvalue weighted by Gasteiger charge is 2.36. The lowest BCUT2D eigenvalue weighted by Crippen LogP contribution is -2.48. The summed E-state index contributed by atoms with van der Waals surface area (Å²) in [6.07, 6.45) is 8.43. The summed E-state index contributed by atoms with van der Waals surface area (Å²) >= 11 is 5.01. The molecule has 0 N–H and O–H groups in total. The molecule has 0 saturated carbocycles. The van der Waals surface area contributed by atoms with E-state index in [2.05, 4.69) is 35.3 Å². The summed E-state index contributed by atoms with van der Waals surface area (Å²) in [4.78, 5) is 21.0. The largest absolute Gasteiger partial charge is 0.302 e. The third-order valence-electron chi connectivity index (χ3n) is 4.60. The van der Waals surface area contributed by atoms with E-state index in [1.165, 1.54) is 11.8 Å². The molecule has 1 aliphatic carbocycles. The van der Waals surface area contributed by atoms with E-state index in [4.69, 9.17) is 0 Å². The van der Waals surface area contributed by atoms with Crippen molar-refractivity contribution in [2.45, 2.75) is 20.5 Å². The van der Waals surface area contributed by atoms with Gasteiger partial charge >= 0.3 is 0 Å². The molecule has 27 heavy (non-hydrogen) atoms. The van der Waals surface area contributed by atoms with Gasteiger partial charge in [-0.1, -0.05) is 60.3 Å². The zero-order valence-corrected chi connectivity index (χ0v) is 16.8.